The zero-order valence-electron chi connectivity index (χ0n) is 15.3. The first kappa shape index (κ1) is 19.5. The number of carbonyl (C=O) groups is 1. The molecule has 1 N–H and O–H groups in total. The SMILES string of the molecule is CN=C(NCCN1CCN(C(C)=O)CC1)N(C)Cc1cccc(Cl)c1. The minimum absolute atomic E-state index is 0.167. The van der Waals surface area contributed by atoms with Crippen molar-refractivity contribution in [3.63, 3.8) is 0 Å². The summed E-state index contributed by atoms with van der Waals surface area (Å²) in [7, 11) is 3.81. The number of nitrogens with zero attached hydrogens (tertiary/aromatic N) is 4. The number of rotatable bonds is 5. The fourth-order valence-corrected chi connectivity index (χ4v) is 3.19. The molecule has 0 radical (unpaired) electrons. The van der Waals surface area contributed by atoms with E-state index in [1.807, 2.05) is 30.1 Å². The molecule has 0 bridgehead atoms. The van der Waals surface area contributed by atoms with Crippen molar-refractivity contribution in [2.24, 2.45) is 4.99 Å². The summed E-state index contributed by atoms with van der Waals surface area (Å²) in [4.78, 5) is 22.1. The molecule has 1 aromatic rings. The van der Waals surface area contributed by atoms with E-state index in [0.29, 0.717) is 0 Å². The number of carbonyl (C=O) groups excluding carboxylic acids is 1. The summed E-state index contributed by atoms with van der Waals surface area (Å²) < 4.78 is 0. The zero-order valence-corrected chi connectivity index (χ0v) is 16.1. The van der Waals surface area contributed by atoms with E-state index in [2.05, 4.69) is 26.2 Å². The third-order valence-electron chi connectivity index (χ3n) is 4.41. The Morgan fingerprint density at radius 3 is 2.64 bits per heavy atom. The minimum Gasteiger partial charge on any atom is -0.355 e. The number of aliphatic imine (C=N–C) groups is 1. The van der Waals surface area contributed by atoms with Crippen molar-refractivity contribution in [3.8, 4) is 0 Å². The van der Waals surface area contributed by atoms with Gasteiger partial charge in [-0.05, 0) is 17.7 Å². The van der Waals surface area contributed by atoms with Crippen LogP contribution in [-0.4, -0.2) is 79.9 Å². The van der Waals surface area contributed by atoms with E-state index in [1.165, 1.54) is 0 Å². The van der Waals surface area contributed by atoms with Crippen molar-refractivity contribution in [1.29, 1.82) is 0 Å². The van der Waals surface area contributed by atoms with E-state index < -0.39 is 0 Å². The summed E-state index contributed by atoms with van der Waals surface area (Å²) in [6, 6.07) is 7.87. The van der Waals surface area contributed by atoms with Gasteiger partial charge in [0.15, 0.2) is 5.96 Å². The molecule has 1 saturated heterocycles. The quantitative estimate of drug-likeness (QED) is 0.635. The fraction of sp³-hybridized carbons (Fsp3) is 0.556. The van der Waals surface area contributed by atoms with Crippen LogP contribution < -0.4 is 5.32 Å². The lowest BCUT2D eigenvalue weighted by Crippen LogP contribution is -2.50. The number of hydrogen-bond donors (Lipinski definition) is 1. The van der Waals surface area contributed by atoms with E-state index in [4.69, 9.17) is 11.6 Å². The normalized spacial score (nSPS) is 16.0. The van der Waals surface area contributed by atoms with E-state index in [1.54, 1.807) is 14.0 Å². The van der Waals surface area contributed by atoms with Crippen molar-refractivity contribution in [2.45, 2.75) is 13.5 Å². The van der Waals surface area contributed by atoms with Crippen LogP contribution in [0.4, 0.5) is 0 Å². The van der Waals surface area contributed by atoms with Gasteiger partial charge < -0.3 is 15.1 Å². The molecule has 1 aliphatic heterocycles. The Bertz CT molecular complexity index is 599. The Morgan fingerprint density at radius 2 is 2.04 bits per heavy atom. The second kappa shape index (κ2) is 9.63. The summed E-state index contributed by atoms with van der Waals surface area (Å²) in [5.41, 5.74) is 1.15. The monoisotopic (exact) mass is 365 g/mol. The van der Waals surface area contributed by atoms with Gasteiger partial charge in [-0.25, -0.2) is 0 Å². The van der Waals surface area contributed by atoms with Crippen LogP contribution in [0, 0.1) is 0 Å². The van der Waals surface area contributed by atoms with Crippen LogP contribution in [0.5, 0.6) is 0 Å². The van der Waals surface area contributed by atoms with Crippen molar-refractivity contribution in [3.05, 3.63) is 34.9 Å². The molecule has 0 saturated carbocycles. The highest BCUT2D eigenvalue weighted by Gasteiger charge is 2.18. The molecule has 0 unspecified atom stereocenters. The zero-order chi connectivity index (χ0) is 18.2. The fourth-order valence-electron chi connectivity index (χ4n) is 2.98. The van der Waals surface area contributed by atoms with Gasteiger partial charge in [-0.15, -0.1) is 0 Å². The number of benzene rings is 1. The number of piperazine rings is 1. The number of nitrogens with one attached hydrogen (secondary N) is 1. The van der Waals surface area contributed by atoms with E-state index >= 15 is 0 Å². The Kier molecular flexibility index (Phi) is 7.52. The van der Waals surface area contributed by atoms with Gasteiger partial charge in [0.2, 0.25) is 5.91 Å². The van der Waals surface area contributed by atoms with E-state index in [0.717, 1.165) is 62.4 Å². The predicted octanol–water partition coefficient (Wildman–Crippen LogP) is 1.51. The average molecular weight is 366 g/mol. The molecule has 138 valence electrons. The highest BCUT2D eigenvalue weighted by atomic mass is 35.5. The first-order valence-electron chi connectivity index (χ1n) is 8.63. The predicted molar refractivity (Wildman–Crippen MR) is 103 cm³/mol. The molecule has 0 spiro atoms. The summed E-state index contributed by atoms with van der Waals surface area (Å²) in [6.07, 6.45) is 0. The van der Waals surface area contributed by atoms with Crippen molar-refractivity contribution in [2.75, 3.05) is 53.4 Å². The average Bonchev–Trinajstić information content (AvgIpc) is 2.59. The minimum atomic E-state index is 0.167. The van der Waals surface area contributed by atoms with Crippen molar-refractivity contribution >= 4 is 23.5 Å². The molecule has 1 fully saturated rings. The second-order valence-electron chi connectivity index (χ2n) is 6.31. The van der Waals surface area contributed by atoms with E-state index in [-0.39, 0.29) is 5.91 Å². The summed E-state index contributed by atoms with van der Waals surface area (Å²) in [5.74, 6) is 1.03. The van der Waals surface area contributed by atoms with Gasteiger partial charge in [0, 0.05) is 71.9 Å². The lowest BCUT2D eigenvalue weighted by Gasteiger charge is -2.34. The molecule has 0 aliphatic carbocycles. The number of halogens is 1. The highest BCUT2D eigenvalue weighted by Crippen LogP contribution is 2.12. The Balaban J connectivity index is 1.74. The van der Waals surface area contributed by atoms with Gasteiger partial charge in [-0.2, -0.15) is 0 Å². The molecule has 7 heteroatoms. The van der Waals surface area contributed by atoms with Gasteiger partial charge in [-0.1, -0.05) is 23.7 Å². The van der Waals surface area contributed by atoms with E-state index in [9.17, 15) is 4.79 Å². The standard InChI is InChI=1S/C18H28ClN5O/c1-15(25)24-11-9-23(10-12-24)8-7-21-18(20-2)22(3)14-16-5-4-6-17(19)13-16/h4-6,13H,7-12,14H2,1-3H3,(H,20,21). The molecule has 1 amide bonds. The van der Waals surface area contributed by atoms with Crippen LogP contribution in [0.2, 0.25) is 5.02 Å². The lowest BCUT2D eigenvalue weighted by atomic mass is 10.2. The maximum atomic E-state index is 11.4. The molecule has 0 atom stereocenters. The van der Waals surface area contributed by atoms with Crippen molar-refractivity contribution in [1.82, 2.24) is 20.0 Å². The smallest absolute Gasteiger partial charge is 0.219 e. The van der Waals surface area contributed by atoms with Gasteiger partial charge in [0.1, 0.15) is 0 Å². The third kappa shape index (κ3) is 6.21. The molecule has 1 aromatic carbocycles. The molecular formula is C18H28ClN5O. The largest absolute Gasteiger partial charge is 0.355 e. The number of hydrogen-bond acceptors (Lipinski definition) is 3. The first-order chi connectivity index (χ1) is 12.0. The molecule has 25 heavy (non-hydrogen) atoms. The Labute approximate surface area is 155 Å². The van der Waals surface area contributed by atoms with Gasteiger partial charge in [0.25, 0.3) is 0 Å². The Morgan fingerprint density at radius 1 is 1.32 bits per heavy atom. The lowest BCUT2D eigenvalue weighted by molar-refractivity contribution is -0.130. The maximum Gasteiger partial charge on any atom is 0.219 e. The van der Waals surface area contributed by atoms with Crippen LogP contribution in [-0.2, 0) is 11.3 Å². The number of amides is 1. The third-order valence-corrected chi connectivity index (χ3v) is 4.65. The number of guanidine groups is 1. The van der Waals surface area contributed by atoms with Crippen molar-refractivity contribution < 1.29 is 4.79 Å². The first-order valence-corrected chi connectivity index (χ1v) is 9.01. The topological polar surface area (TPSA) is 51.2 Å². The molecule has 0 aromatic heterocycles. The van der Waals surface area contributed by atoms with Crippen LogP contribution in [0.1, 0.15) is 12.5 Å². The van der Waals surface area contributed by atoms with Crippen LogP contribution >= 0.6 is 11.6 Å². The summed E-state index contributed by atoms with van der Waals surface area (Å²) in [5, 5.41) is 4.15. The van der Waals surface area contributed by atoms with Crippen LogP contribution in [0.3, 0.4) is 0 Å². The molecule has 6 nitrogen and oxygen atoms in total. The van der Waals surface area contributed by atoms with Crippen LogP contribution in [0.15, 0.2) is 29.3 Å². The molecule has 1 heterocycles. The molecule has 2 rings (SSSR count). The highest BCUT2D eigenvalue weighted by molar-refractivity contribution is 6.30. The van der Waals surface area contributed by atoms with Gasteiger partial charge in [0.05, 0.1) is 0 Å². The Hall–Kier alpha value is -1.79. The molecular weight excluding hydrogens is 338 g/mol. The van der Waals surface area contributed by atoms with Gasteiger partial charge in [-0.3, -0.25) is 14.7 Å². The molecule has 1 aliphatic rings. The summed E-state index contributed by atoms with van der Waals surface area (Å²) in [6.45, 7) is 7.64. The van der Waals surface area contributed by atoms with Gasteiger partial charge >= 0.3 is 0 Å². The summed E-state index contributed by atoms with van der Waals surface area (Å²) >= 11 is 6.05. The maximum absolute atomic E-state index is 11.4. The second-order valence-corrected chi connectivity index (χ2v) is 6.74. The van der Waals surface area contributed by atoms with Crippen LogP contribution in [0.25, 0.3) is 0 Å².